The molecule has 0 unspecified atom stereocenters. The van der Waals surface area contributed by atoms with E-state index in [1.807, 2.05) is 18.2 Å². The molecule has 0 aliphatic rings. The van der Waals surface area contributed by atoms with Gasteiger partial charge in [-0.1, -0.05) is 0 Å². The fourth-order valence-electron chi connectivity index (χ4n) is 1.79. The lowest BCUT2D eigenvalue weighted by Crippen LogP contribution is -1.99. The molecule has 0 bridgehead atoms. The minimum Gasteiger partial charge on any atom is -0.497 e. The summed E-state index contributed by atoms with van der Waals surface area (Å²) in [6.45, 7) is 0. The van der Waals surface area contributed by atoms with Gasteiger partial charge >= 0.3 is 0 Å². The van der Waals surface area contributed by atoms with Gasteiger partial charge in [-0.2, -0.15) is 5.26 Å². The monoisotopic (exact) mass is 258 g/mol. The molecule has 2 N–H and O–H groups in total. The van der Waals surface area contributed by atoms with E-state index in [0.29, 0.717) is 23.1 Å². The molecule has 0 aliphatic heterocycles. The van der Waals surface area contributed by atoms with Crippen molar-refractivity contribution in [3.8, 4) is 29.0 Å². The third-order valence-corrected chi connectivity index (χ3v) is 2.85. The van der Waals surface area contributed by atoms with Crippen molar-refractivity contribution in [2.75, 3.05) is 20.0 Å². The summed E-state index contributed by atoms with van der Waals surface area (Å²) in [4.78, 5) is 4.21. The Balaban J connectivity index is 2.62. The van der Waals surface area contributed by atoms with Crippen LogP contribution in [0.2, 0.25) is 0 Å². The van der Waals surface area contributed by atoms with Crippen LogP contribution < -0.4 is 15.2 Å². The number of anilines is 1. The minimum absolute atomic E-state index is 0.208. The number of nitrogens with two attached hydrogens (primary N) is 1. The van der Waals surface area contributed by atoms with Gasteiger partial charge in [-0.15, -0.1) is 0 Å². The second-order valence-electron chi connectivity index (χ2n) is 3.94. The largest absolute Gasteiger partial charge is 0.497 e. The first-order valence-corrected chi connectivity index (χ1v) is 5.56. The zero-order chi connectivity index (χ0) is 14.0. The van der Waals surface area contributed by atoms with Gasteiger partial charge in [-0.25, -0.2) is 4.98 Å². The van der Waals surface area contributed by atoms with Crippen LogP contribution in [0, 0.1) is 11.3 Å². The molecular weight excluding hydrogens is 244 g/mol. The quantitative estimate of drug-likeness (QED) is 0.902. The third-order valence-electron chi connectivity index (χ3n) is 2.85. The van der Waals surface area contributed by atoms with Gasteiger partial charge in [0.05, 0.1) is 14.2 Å². The maximum atomic E-state index is 8.95. The molecule has 0 fully saturated rings. The number of aromatic nitrogens is 2. The predicted octanol–water partition coefficient (Wildman–Crippen LogP) is 1.56. The Labute approximate surface area is 111 Å². The van der Waals surface area contributed by atoms with Crippen molar-refractivity contribution in [2.24, 2.45) is 7.05 Å². The minimum atomic E-state index is 0.208. The van der Waals surface area contributed by atoms with Crippen LogP contribution >= 0.6 is 0 Å². The lowest BCUT2D eigenvalue weighted by atomic mass is 10.2. The predicted molar refractivity (Wildman–Crippen MR) is 70.9 cm³/mol. The molecule has 1 aromatic carbocycles. The highest BCUT2D eigenvalue weighted by atomic mass is 16.5. The molecule has 0 saturated carbocycles. The Kier molecular flexibility index (Phi) is 3.29. The fraction of sp³-hybridized carbons (Fsp3) is 0.231. The molecule has 0 amide bonds. The maximum Gasteiger partial charge on any atom is 0.183 e. The summed E-state index contributed by atoms with van der Waals surface area (Å²) in [5.41, 5.74) is 6.79. The number of nitrogens with zero attached hydrogens (tertiary/aromatic N) is 3. The van der Waals surface area contributed by atoms with Crippen molar-refractivity contribution in [1.29, 1.82) is 5.26 Å². The summed E-state index contributed by atoms with van der Waals surface area (Å²) in [6, 6.07) is 7.35. The van der Waals surface area contributed by atoms with Crippen LogP contribution in [-0.4, -0.2) is 23.8 Å². The number of hydrogen-bond acceptors (Lipinski definition) is 5. The van der Waals surface area contributed by atoms with E-state index in [4.69, 9.17) is 20.5 Å². The number of ether oxygens (including phenoxy) is 2. The Hall–Kier alpha value is -2.68. The van der Waals surface area contributed by atoms with Crippen molar-refractivity contribution in [3.05, 3.63) is 23.9 Å². The van der Waals surface area contributed by atoms with E-state index >= 15 is 0 Å². The van der Waals surface area contributed by atoms with E-state index in [0.717, 1.165) is 5.56 Å². The van der Waals surface area contributed by atoms with Gasteiger partial charge in [-0.05, 0) is 12.1 Å². The lowest BCUT2D eigenvalue weighted by molar-refractivity contribution is 0.394. The van der Waals surface area contributed by atoms with Crippen molar-refractivity contribution in [3.63, 3.8) is 0 Å². The zero-order valence-corrected chi connectivity index (χ0v) is 11.0. The summed E-state index contributed by atoms with van der Waals surface area (Å²) in [5.74, 6) is 2.22. The summed E-state index contributed by atoms with van der Waals surface area (Å²) in [6.07, 6.45) is 0. The molecule has 2 aromatic rings. The summed E-state index contributed by atoms with van der Waals surface area (Å²) >= 11 is 0. The summed E-state index contributed by atoms with van der Waals surface area (Å²) in [5, 5.41) is 8.95. The van der Waals surface area contributed by atoms with E-state index in [-0.39, 0.29) is 5.69 Å². The molecule has 2 rings (SSSR count). The highest BCUT2D eigenvalue weighted by Gasteiger charge is 2.14. The molecule has 98 valence electrons. The van der Waals surface area contributed by atoms with Crippen LogP contribution in [0.3, 0.4) is 0 Å². The van der Waals surface area contributed by atoms with Gasteiger partial charge in [0.15, 0.2) is 5.69 Å². The number of nitriles is 1. The maximum absolute atomic E-state index is 8.95. The molecule has 0 atom stereocenters. The molecule has 6 heteroatoms. The smallest absolute Gasteiger partial charge is 0.183 e. The van der Waals surface area contributed by atoms with E-state index in [1.165, 1.54) is 0 Å². The molecule has 1 aromatic heterocycles. The van der Waals surface area contributed by atoms with Crippen LogP contribution in [-0.2, 0) is 7.05 Å². The first kappa shape index (κ1) is 12.8. The SMILES string of the molecule is COc1cc(OC)cc(-c2nc(C#N)c(N)n2C)c1. The Morgan fingerprint density at radius 1 is 1.21 bits per heavy atom. The van der Waals surface area contributed by atoms with Crippen LogP contribution in [0.15, 0.2) is 18.2 Å². The second kappa shape index (κ2) is 4.90. The van der Waals surface area contributed by atoms with Gasteiger partial charge in [-0.3, -0.25) is 0 Å². The number of imidazole rings is 1. The van der Waals surface area contributed by atoms with Crippen LogP contribution in [0.4, 0.5) is 5.82 Å². The Morgan fingerprint density at radius 3 is 2.21 bits per heavy atom. The summed E-state index contributed by atoms with van der Waals surface area (Å²) in [7, 11) is 4.91. The third kappa shape index (κ3) is 2.18. The highest BCUT2D eigenvalue weighted by molar-refractivity contribution is 5.65. The first-order valence-electron chi connectivity index (χ1n) is 5.56. The van der Waals surface area contributed by atoms with Gasteiger partial charge < -0.3 is 19.8 Å². The summed E-state index contributed by atoms with van der Waals surface area (Å²) < 4.78 is 12.1. The van der Waals surface area contributed by atoms with Gasteiger partial charge in [0.25, 0.3) is 0 Å². The van der Waals surface area contributed by atoms with Crippen LogP contribution in [0.25, 0.3) is 11.4 Å². The first-order chi connectivity index (χ1) is 9.10. The van der Waals surface area contributed by atoms with E-state index in [2.05, 4.69) is 4.98 Å². The number of hydrogen-bond donors (Lipinski definition) is 1. The van der Waals surface area contributed by atoms with E-state index < -0.39 is 0 Å². The van der Waals surface area contributed by atoms with E-state index in [1.54, 1.807) is 31.9 Å². The number of methoxy groups -OCH3 is 2. The van der Waals surface area contributed by atoms with Crippen molar-refractivity contribution >= 4 is 5.82 Å². The van der Waals surface area contributed by atoms with Crippen molar-refractivity contribution < 1.29 is 9.47 Å². The Bertz CT molecular complexity index is 633. The van der Waals surface area contributed by atoms with Gasteiger partial charge in [0, 0.05) is 18.7 Å². The molecule has 0 radical (unpaired) electrons. The average molecular weight is 258 g/mol. The number of benzene rings is 1. The number of rotatable bonds is 3. The van der Waals surface area contributed by atoms with Crippen LogP contribution in [0.1, 0.15) is 5.69 Å². The fourth-order valence-corrected chi connectivity index (χ4v) is 1.79. The van der Waals surface area contributed by atoms with Gasteiger partial charge in [0.1, 0.15) is 29.2 Å². The molecule has 1 heterocycles. The normalized spacial score (nSPS) is 10.0. The van der Waals surface area contributed by atoms with E-state index in [9.17, 15) is 0 Å². The number of nitrogen functional groups attached to an aromatic ring is 1. The molecule has 6 nitrogen and oxygen atoms in total. The Morgan fingerprint density at radius 2 is 1.79 bits per heavy atom. The second-order valence-corrected chi connectivity index (χ2v) is 3.94. The molecule has 19 heavy (non-hydrogen) atoms. The highest BCUT2D eigenvalue weighted by Crippen LogP contribution is 2.30. The topological polar surface area (TPSA) is 86.1 Å². The molecule has 0 aliphatic carbocycles. The zero-order valence-electron chi connectivity index (χ0n) is 11.0. The van der Waals surface area contributed by atoms with Crippen molar-refractivity contribution in [1.82, 2.24) is 9.55 Å². The van der Waals surface area contributed by atoms with Gasteiger partial charge in [0.2, 0.25) is 0 Å². The molecule has 0 saturated heterocycles. The standard InChI is InChI=1S/C13H14N4O2/c1-17-12(15)11(7-14)16-13(17)8-4-9(18-2)6-10(5-8)19-3/h4-6H,15H2,1-3H3. The van der Waals surface area contributed by atoms with Crippen molar-refractivity contribution in [2.45, 2.75) is 0 Å². The van der Waals surface area contributed by atoms with Crippen LogP contribution in [0.5, 0.6) is 11.5 Å². The average Bonchev–Trinajstić information content (AvgIpc) is 2.74. The lowest BCUT2D eigenvalue weighted by Gasteiger charge is -2.08. The molecular formula is C13H14N4O2. The molecule has 0 spiro atoms.